The van der Waals surface area contributed by atoms with Crippen LogP contribution in [0, 0.1) is 24.1 Å². The van der Waals surface area contributed by atoms with Gasteiger partial charge in [0, 0.05) is 50.6 Å². The third kappa shape index (κ3) is 6.05. The van der Waals surface area contributed by atoms with Crippen molar-refractivity contribution >= 4 is 51.8 Å². The first-order chi connectivity index (χ1) is 19.8. The Bertz CT molecular complexity index is 1450. The van der Waals surface area contributed by atoms with Crippen molar-refractivity contribution in [3.05, 3.63) is 62.0 Å². The highest BCUT2D eigenvalue weighted by Gasteiger charge is 2.36. The van der Waals surface area contributed by atoms with Gasteiger partial charge in [-0.3, -0.25) is 19.1 Å². The number of thioether (sulfide) groups is 1. The highest BCUT2D eigenvalue weighted by molar-refractivity contribution is 8.26. The topological polar surface area (TPSA) is 81.8 Å². The van der Waals surface area contributed by atoms with Crippen LogP contribution in [-0.2, 0) is 16.1 Å². The molecule has 11 heteroatoms. The van der Waals surface area contributed by atoms with Crippen molar-refractivity contribution in [3.8, 4) is 6.07 Å². The number of thiocarbonyl (C=S) groups is 1. The maximum absolute atomic E-state index is 13.6. The number of carbonyl (C=O) groups excluding carboxylic acids is 1. The summed E-state index contributed by atoms with van der Waals surface area (Å²) in [7, 11) is 0. The lowest BCUT2D eigenvalue weighted by atomic mass is 10.0. The van der Waals surface area contributed by atoms with Crippen molar-refractivity contribution in [1.29, 1.82) is 5.26 Å². The van der Waals surface area contributed by atoms with Gasteiger partial charge in [-0.2, -0.15) is 5.26 Å². The normalized spacial score (nSPS) is 20.4. The Morgan fingerprint density at radius 1 is 1.17 bits per heavy atom. The van der Waals surface area contributed by atoms with Gasteiger partial charge in [0.05, 0.1) is 17.6 Å². The highest BCUT2D eigenvalue weighted by atomic mass is 32.2. The molecule has 1 atom stereocenters. The second kappa shape index (κ2) is 12.8. The van der Waals surface area contributed by atoms with Crippen LogP contribution < -0.4 is 15.4 Å². The molecule has 0 spiro atoms. The van der Waals surface area contributed by atoms with Crippen LogP contribution in [0.15, 0.2) is 34.0 Å². The van der Waals surface area contributed by atoms with E-state index in [-0.39, 0.29) is 29.0 Å². The zero-order valence-electron chi connectivity index (χ0n) is 23.4. The minimum atomic E-state index is -0.308. The van der Waals surface area contributed by atoms with E-state index in [0.717, 1.165) is 37.2 Å². The Morgan fingerprint density at radius 3 is 2.51 bits per heavy atom. The van der Waals surface area contributed by atoms with Gasteiger partial charge >= 0.3 is 0 Å². The number of nitrogens with zero attached hydrogens (tertiary/aromatic N) is 5. The van der Waals surface area contributed by atoms with Crippen LogP contribution >= 0.6 is 24.0 Å². The Balaban J connectivity index is 1.52. The molecule has 3 aliphatic heterocycles. The Kier molecular flexibility index (Phi) is 9.12. The smallest absolute Gasteiger partial charge is 0.270 e. The van der Waals surface area contributed by atoms with Crippen LogP contribution in [0.5, 0.6) is 0 Å². The van der Waals surface area contributed by atoms with E-state index in [4.69, 9.17) is 17.0 Å². The molecular formula is C30H34FN5O3S2. The lowest BCUT2D eigenvalue weighted by Crippen LogP contribution is -2.48. The largest absolute Gasteiger partial charge is 0.376 e. The molecule has 216 valence electrons. The van der Waals surface area contributed by atoms with Gasteiger partial charge in [-0.1, -0.05) is 37.3 Å². The van der Waals surface area contributed by atoms with Gasteiger partial charge in [-0.25, -0.2) is 4.39 Å². The average Bonchev–Trinajstić information content (AvgIpc) is 3.58. The maximum atomic E-state index is 13.6. The number of piperazine rings is 1. The van der Waals surface area contributed by atoms with Crippen molar-refractivity contribution in [1.82, 2.24) is 9.47 Å². The molecule has 0 bridgehead atoms. The first kappa shape index (κ1) is 29.3. The standard InChI is InChI=1S/C30H34FN5O3S2/c1-3-4-11-35-27(34-14-12-33(13-15-34)22-9-7-21(31)8-10-22)24(20(2)25(18-32)28(35)37)17-26-29(38)36(30(40)41-26)19-23-6-5-16-39-23/h7-10,17,23H,3-6,11-16,19H2,1-2H3. The second-order valence-electron chi connectivity index (χ2n) is 10.5. The number of anilines is 2. The molecule has 41 heavy (non-hydrogen) atoms. The maximum Gasteiger partial charge on any atom is 0.270 e. The number of benzene rings is 1. The Morgan fingerprint density at radius 2 is 1.88 bits per heavy atom. The minimum absolute atomic E-state index is 0.0207. The number of ether oxygens (including phenoxy) is 1. The summed E-state index contributed by atoms with van der Waals surface area (Å²) in [6.07, 6.45) is 5.33. The van der Waals surface area contributed by atoms with Crippen molar-refractivity contribution < 1.29 is 13.9 Å². The molecule has 1 aromatic heterocycles. The monoisotopic (exact) mass is 595 g/mol. The van der Waals surface area contributed by atoms with Crippen LogP contribution in [0.25, 0.3) is 6.08 Å². The third-order valence-corrected chi connectivity index (χ3v) is 9.29. The van der Waals surface area contributed by atoms with E-state index in [1.165, 1.54) is 23.9 Å². The minimum Gasteiger partial charge on any atom is -0.376 e. The van der Waals surface area contributed by atoms with Gasteiger partial charge in [0.25, 0.3) is 11.5 Å². The molecule has 3 saturated heterocycles. The van der Waals surface area contributed by atoms with Crippen LogP contribution in [-0.4, -0.2) is 65.1 Å². The summed E-state index contributed by atoms with van der Waals surface area (Å²) in [5.74, 6) is 0.279. The number of amides is 1. The van der Waals surface area contributed by atoms with Crippen molar-refractivity contribution in [2.24, 2.45) is 0 Å². The number of aromatic nitrogens is 1. The van der Waals surface area contributed by atoms with Gasteiger partial charge in [0.2, 0.25) is 0 Å². The lowest BCUT2D eigenvalue weighted by molar-refractivity contribution is -0.123. The molecular weight excluding hydrogens is 561 g/mol. The number of pyridine rings is 1. The molecule has 8 nitrogen and oxygen atoms in total. The SMILES string of the molecule is CCCCn1c(N2CCN(c3ccc(F)cc3)CC2)c(C=C2SC(=S)N(CC3CCCO3)C2=O)c(C)c(C#N)c1=O. The fourth-order valence-corrected chi connectivity index (χ4v) is 6.87. The number of unbranched alkanes of at least 4 members (excludes halogenated alkanes) is 1. The zero-order chi connectivity index (χ0) is 29.1. The van der Waals surface area contributed by atoms with Gasteiger partial charge in [-0.05, 0) is 62.1 Å². The number of nitriles is 1. The Hall–Kier alpha value is -3.20. The summed E-state index contributed by atoms with van der Waals surface area (Å²) in [4.78, 5) is 33.6. The fraction of sp³-hybridized carbons (Fsp3) is 0.467. The van der Waals surface area contributed by atoms with E-state index in [9.17, 15) is 19.2 Å². The van der Waals surface area contributed by atoms with Gasteiger partial charge in [0.1, 0.15) is 27.6 Å². The molecule has 0 aliphatic carbocycles. The quantitative estimate of drug-likeness (QED) is 0.322. The van der Waals surface area contributed by atoms with E-state index < -0.39 is 0 Å². The van der Waals surface area contributed by atoms with E-state index in [0.29, 0.717) is 66.2 Å². The predicted molar refractivity (Wildman–Crippen MR) is 165 cm³/mol. The molecule has 1 amide bonds. The molecule has 1 aromatic carbocycles. The van der Waals surface area contributed by atoms with E-state index in [1.54, 1.807) is 28.5 Å². The molecule has 3 fully saturated rings. The summed E-state index contributed by atoms with van der Waals surface area (Å²) in [5.41, 5.74) is 1.99. The van der Waals surface area contributed by atoms with E-state index >= 15 is 0 Å². The molecule has 0 saturated carbocycles. The molecule has 4 heterocycles. The number of hydrogen-bond donors (Lipinski definition) is 0. The van der Waals surface area contributed by atoms with Crippen LogP contribution in [0.4, 0.5) is 15.9 Å². The number of carbonyl (C=O) groups is 1. The highest BCUT2D eigenvalue weighted by Crippen LogP contribution is 2.37. The zero-order valence-corrected chi connectivity index (χ0v) is 25.0. The summed E-state index contributed by atoms with van der Waals surface area (Å²) in [6.45, 7) is 8.03. The Labute approximate surface area is 249 Å². The van der Waals surface area contributed by atoms with Crippen LogP contribution in [0.2, 0.25) is 0 Å². The summed E-state index contributed by atoms with van der Waals surface area (Å²) in [6, 6.07) is 8.59. The van der Waals surface area contributed by atoms with E-state index in [1.807, 2.05) is 6.08 Å². The van der Waals surface area contributed by atoms with Gasteiger partial charge < -0.3 is 14.5 Å². The summed E-state index contributed by atoms with van der Waals surface area (Å²) < 4.78 is 21.4. The van der Waals surface area contributed by atoms with E-state index in [2.05, 4.69) is 22.8 Å². The third-order valence-electron chi connectivity index (χ3n) is 7.91. The molecule has 3 aliphatic rings. The predicted octanol–water partition coefficient (Wildman–Crippen LogP) is 4.67. The number of hydrogen-bond acceptors (Lipinski definition) is 8. The van der Waals surface area contributed by atoms with Crippen LogP contribution in [0.3, 0.4) is 0 Å². The van der Waals surface area contributed by atoms with Crippen molar-refractivity contribution in [3.63, 3.8) is 0 Å². The molecule has 5 rings (SSSR count). The lowest BCUT2D eigenvalue weighted by Gasteiger charge is -2.39. The van der Waals surface area contributed by atoms with Gasteiger partial charge in [-0.15, -0.1) is 0 Å². The second-order valence-corrected chi connectivity index (χ2v) is 12.2. The molecule has 0 radical (unpaired) electrons. The van der Waals surface area contributed by atoms with Gasteiger partial charge in [0.15, 0.2) is 0 Å². The van der Waals surface area contributed by atoms with Crippen molar-refractivity contribution in [2.75, 3.05) is 49.1 Å². The molecule has 0 N–H and O–H groups in total. The summed E-state index contributed by atoms with van der Waals surface area (Å²) >= 11 is 6.83. The fourth-order valence-electron chi connectivity index (χ4n) is 5.62. The first-order valence-corrected chi connectivity index (χ1v) is 15.3. The first-order valence-electron chi connectivity index (χ1n) is 14.1. The van der Waals surface area contributed by atoms with Crippen LogP contribution in [0.1, 0.15) is 49.3 Å². The molecule has 2 aromatic rings. The average molecular weight is 596 g/mol. The number of rotatable bonds is 8. The summed E-state index contributed by atoms with van der Waals surface area (Å²) in [5, 5.41) is 9.97. The van der Waals surface area contributed by atoms with Crippen molar-refractivity contribution in [2.45, 2.75) is 52.2 Å². The number of halogens is 1. The molecule has 1 unspecified atom stereocenters.